The van der Waals surface area contributed by atoms with Crippen LogP contribution in [0.4, 0.5) is 0 Å². The summed E-state index contributed by atoms with van der Waals surface area (Å²) in [6.07, 6.45) is -0.987. The number of hydrogen-bond acceptors (Lipinski definition) is 3. The third-order valence-corrected chi connectivity index (χ3v) is 4.50. The Balaban J connectivity index is 1.96. The van der Waals surface area contributed by atoms with Gasteiger partial charge in [-0.05, 0) is 11.1 Å². The SMILES string of the molecule is CN(C)C(=O)[C@H](OC(=O)C(c1ccccc1)c1ccccc1)c1ccccc1. The molecule has 0 fully saturated rings. The van der Waals surface area contributed by atoms with Crippen molar-refractivity contribution >= 4 is 11.9 Å². The van der Waals surface area contributed by atoms with Crippen molar-refractivity contribution in [3.63, 3.8) is 0 Å². The van der Waals surface area contributed by atoms with E-state index in [-0.39, 0.29) is 5.91 Å². The number of esters is 1. The molecule has 3 aromatic rings. The first-order valence-electron chi connectivity index (χ1n) is 9.14. The third-order valence-electron chi connectivity index (χ3n) is 4.50. The van der Waals surface area contributed by atoms with Crippen LogP contribution in [0.15, 0.2) is 91.0 Å². The molecule has 28 heavy (non-hydrogen) atoms. The normalized spacial score (nSPS) is 11.7. The first-order chi connectivity index (χ1) is 13.6. The van der Waals surface area contributed by atoms with Crippen molar-refractivity contribution < 1.29 is 14.3 Å². The molecule has 1 amide bonds. The molecule has 142 valence electrons. The molecule has 0 aliphatic rings. The lowest BCUT2D eigenvalue weighted by molar-refractivity contribution is -0.160. The number of likely N-dealkylation sites (N-methyl/N-ethyl adjacent to an activating group) is 1. The lowest BCUT2D eigenvalue weighted by atomic mass is 9.91. The summed E-state index contributed by atoms with van der Waals surface area (Å²) >= 11 is 0. The van der Waals surface area contributed by atoms with Crippen molar-refractivity contribution in [1.82, 2.24) is 4.90 Å². The van der Waals surface area contributed by atoms with Gasteiger partial charge in [-0.1, -0.05) is 91.0 Å². The molecule has 0 saturated carbocycles. The van der Waals surface area contributed by atoms with Crippen LogP contribution in [0.5, 0.6) is 0 Å². The number of nitrogens with zero attached hydrogens (tertiary/aromatic N) is 1. The largest absolute Gasteiger partial charge is 0.447 e. The van der Waals surface area contributed by atoms with E-state index in [0.29, 0.717) is 5.56 Å². The maximum atomic E-state index is 13.3. The molecule has 0 aliphatic carbocycles. The number of hydrogen-bond donors (Lipinski definition) is 0. The predicted molar refractivity (Wildman–Crippen MR) is 109 cm³/mol. The van der Waals surface area contributed by atoms with E-state index in [2.05, 4.69) is 0 Å². The summed E-state index contributed by atoms with van der Waals surface area (Å²) in [5.74, 6) is -1.34. The topological polar surface area (TPSA) is 46.6 Å². The van der Waals surface area contributed by atoms with Gasteiger partial charge >= 0.3 is 5.97 Å². The van der Waals surface area contributed by atoms with Crippen LogP contribution in [0.1, 0.15) is 28.7 Å². The van der Waals surface area contributed by atoms with Gasteiger partial charge < -0.3 is 9.64 Å². The second-order valence-corrected chi connectivity index (χ2v) is 6.71. The van der Waals surface area contributed by atoms with Crippen molar-refractivity contribution in [1.29, 1.82) is 0 Å². The van der Waals surface area contributed by atoms with E-state index in [1.807, 2.05) is 78.9 Å². The Hall–Kier alpha value is -3.40. The maximum Gasteiger partial charge on any atom is 0.319 e. The highest BCUT2D eigenvalue weighted by Gasteiger charge is 2.31. The number of carbonyl (C=O) groups is 2. The Morgan fingerprint density at radius 1 is 0.679 bits per heavy atom. The summed E-state index contributed by atoms with van der Waals surface area (Å²) in [6, 6.07) is 28.0. The van der Waals surface area contributed by atoms with Gasteiger partial charge in [0, 0.05) is 19.7 Å². The molecule has 3 aromatic carbocycles. The van der Waals surface area contributed by atoms with Crippen LogP contribution in [-0.2, 0) is 14.3 Å². The molecular formula is C24H23NO3. The first-order valence-corrected chi connectivity index (χ1v) is 9.14. The zero-order chi connectivity index (χ0) is 19.9. The minimum absolute atomic E-state index is 0.278. The maximum absolute atomic E-state index is 13.3. The van der Waals surface area contributed by atoms with E-state index in [9.17, 15) is 9.59 Å². The van der Waals surface area contributed by atoms with Gasteiger partial charge in [-0.15, -0.1) is 0 Å². The molecule has 4 heteroatoms. The summed E-state index contributed by atoms with van der Waals surface area (Å²) in [4.78, 5) is 27.4. The predicted octanol–water partition coefficient (Wildman–Crippen LogP) is 4.19. The molecule has 1 atom stereocenters. The summed E-state index contributed by atoms with van der Waals surface area (Å²) in [7, 11) is 3.30. The fraction of sp³-hybridized carbons (Fsp3) is 0.167. The van der Waals surface area contributed by atoms with Crippen molar-refractivity contribution in [2.24, 2.45) is 0 Å². The van der Waals surface area contributed by atoms with Crippen LogP contribution in [0, 0.1) is 0 Å². The van der Waals surface area contributed by atoms with Crippen LogP contribution in [0.25, 0.3) is 0 Å². The van der Waals surface area contributed by atoms with Crippen LogP contribution in [-0.4, -0.2) is 30.9 Å². The van der Waals surface area contributed by atoms with E-state index in [4.69, 9.17) is 4.74 Å². The van der Waals surface area contributed by atoms with Gasteiger partial charge in [0.15, 0.2) is 0 Å². The number of ether oxygens (including phenoxy) is 1. The number of rotatable bonds is 6. The second-order valence-electron chi connectivity index (χ2n) is 6.71. The lowest BCUT2D eigenvalue weighted by Crippen LogP contribution is -2.32. The van der Waals surface area contributed by atoms with Crippen molar-refractivity contribution in [3.8, 4) is 0 Å². The molecular weight excluding hydrogens is 350 g/mol. The van der Waals surface area contributed by atoms with Gasteiger partial charge in [-0.25, -0.2) is 0 Å². The molecule has 0 aliphatic heterocycles. The lowest BCUT2D eigenvalue weighted by Gasteiger charge is -2.24. The van der Waals surface area contributed by atoms with Crippen LogP contribution >= 0.6 is 0 Å². The molecule has 0 aromatic heterocycles. The van der Waals surface area contributed by atoms with Crippen LogP contribution in [0.2, 0.25) is 0 Å². The van der Waals surface area contributed by atoms with Crippen LogP contribution < -0.4 is 0 Å². The summed E-state index contributed by atoms with van der Waals surface area (Å²) in [5.41, 5.74) is 2.29. The Morgan fingerprint density at radius 3 is 1.46 bits per heavy atom. The molecule has 4 nitrogen and oxygen atoms in total. The van der Waals surface area contributed by atoms with Gasteiger partial charge in [-0.2, -0.15) is 0 Å². The summed E-state index contributed by atoms with van der Waals surface area (Å²) < 4.78 is 5.80. The smallest absolute Gasteiger partial charge is 0.319 e. The van der Waals surface area contributed by atoms with E-state index in [1.54, 1.807) is 26.2 Å². The molecule has 0 N–H and O–H groups in total. The highest BCUT2D eigenvalue weighted by atomic mass is 16.5. The van der Waals surface area contributed by atoms with Gasteiger partial charge in [0.2, 0.25) is 6.10 Å². The summed E-state index contributed by atoms with van der Waals surface area (Å²) in [5, 5.41) is 0. The van der Waals surface area contributed by atoms with E-state index in [0.717, 1.165) is 11.1 Å². The highest BCUT2D eigenvalue weighted by Crippen LogP contribution is 2.29. The fourth-order valence-corrected chi connectivity index (χ4v) is 3.06. The quantitative estimate of drug-likeness (QED) is 0.609. The van der Waals surface area contributed by atoms with Crippen molar-refractivity contribution in [2.75, 3.05) is 14.1 Å². The highest BCUT2D eigenvalue weighted by molar-refractivity contribution is 5.88. The molecule has 0 bridgehead atoms. The Bertz CT molecular complexity index is 869. The van der Waals surface area contributed by atoms with Crippen molar-refractivity contribution in [3.05, 3.63) is 108 Å². The van der Waals surface area contributed by atoms with E-state index >= 15 is 0 Å². The second kappa shape index (κ2) is 9.00. The standard InChI is InChI=1S/C24H23NO3/c1-25(2)23(26)22(20-16-10-5-11-17-20)28-24(27)21(18-12-6-3-7-13-18)19-14-8-4-9-15-19/h3-17,21-22H,1-2H3/t22-/m1/s1. The Kier molecular flexibility index (Phi) is 6.22. The molecule has 0 unspecified atom stereocenters. The average molecular weight is 373 g/mol. The Labute approximate surface area is 165 Å². The van der Waals surface area contributed by atoms with Crippen LogP contribution in [0.3, 0.4) is 0 Å². The van der Waals surface area contributed by atoms with Gasteiger partial charge in [0.05, 0.1) is 0 Å². The zero-order valence-corrected chi connectivity index (χ0v) is 16.0. The van der Waals surface area contributed by atoms with Gasteiger partial charge in [-0.3, -0.25) is 9.59 Å². The number of carbonyl (C=O) groups excluding carboxylic acids is 2. The average Bonchev–Trinajstić information content (AvgIpc) is 2.74. The monoisotopic (exact) mass is 373 g/mol. The molecule has 0 spiro atoms. The molecule has 3 rings (SSSR count). The minimum atomic E-state index is -0.987. The fourth-order valence-electron chi connectivity index (χ4n) is 3.06. The third kappa shape index (κ3) is 4.46. The minimum Gasteiger partial charge on any atom is -0.447 e. The van der Waals surface area contributed by atoms with Gasteiger partial charge in [0.25, 0.3) is 5.91 Å². The Morgan fingerprint density at radius 2 is 1.07 bits per heavy atom. The number of benzene rings is 3. The van der Waals surface area contributed by atoms with Gasteiger partial charge in [0.1, 0.15) is 5.92 Å². The summed E-state index contributed by atoms with van der Waals surface area (Å²) in [6.45, 7) is 0. The number of amides is 1. The molecule has 0 radical (unpaired) electrons. The first kappa shape index (κ1) is 19.4. The molecule has 0 heterocycles. The zero-order valence-electron chi connectivity index (χ0n) is 16.0. The van der Waals surface area contributed by atoms with Crippen molar-refractivity contribution in [2.45, 2.75) is 12.0 Å². The van der Waals surface area contributed by atoms with E-state index in [1.165, 1.54) is 4.90 Å². The molecule has 0 saturated heterocycles. The van der Waals surface area contributed by atoms with E-state index < -0.39 is 18.0 Å².